The fraction of sp³-hybridized carbons (Fsp3) is 0.176. The number of carbonyl (C=O) groups is 2. The van der Waals surface area contributed by atoms with Crippen LogP contribution in [0.2, 0.25) is 0 Å². The number of carbonyl (C=O) groups excluding carboxylic acids is 2. The minimum absolute atomic E-state index is 0.253. The van der Waals surface area contributed by atoms with E-state index in [1.165, 1.54) is 32.1 Å². The summed E-state index contributed by atoms with van der Waals surface area (Å²) in [4.78, 5) is 23.7. The Morgan fingerprint density at radius 2 is 1.62 bits per heavy atom. The Morgan fingerprint density at radius 1 is 1.00 bits per heavy atom. The Balaban J connectivity index is 1.77. The zero-order valence-corrected chi connectivity index (χ0v) is 13.0. The van der Waals surface area contributed by atoms with E-state index in [-0.39, 0.29) is 17.2 Å². The molecule has 0 amide bonds. The molecule has 1 aliphatic heterocycles. The first-order valence-corrected chi connectivity index (χ1v) is 7.13. The predicted molar refractivity (Wildman–Crippen MR) is 82.6 cm³/mol. The summed E-state index contributed by atoms with van der Waals surface area (Å²) in [6.45, 7) is 2.94. The van der Waals surface area contributed by atoms with Gasteiger partial charge in [0.25, 0.3) is 5.79 Å². The van der Waals surface area contributed by atoms with E-state index in [0.29, 0.717) is 11.6 Å². The number of ether oxygens (including phenoxy) is 2. The van der Waals surface area contributed by atoms with Gasteiger partial charge in [0.05, 0.1) is 0 Å². The van der Waals surface area contributed by atoms with E-state index in [1.807, 2.05) is 0 Å². The van der Waals surface area contributed by atoms with Gasteiger partial charge < -0.3 is 19.2 Å². The maximum atomic E-state index is 12.9. The first-order chi connectivity index (χ1) is 11.3. The molecule has 3 rings (SSSR count). The summed E-state index contributed by atoms with van der Waals surface area (Å²) >= 11 is 0. The third kappa shape index (κ3) is 3.45. The third-order valence-electron chi connectivity index (χ3n) is 3.14. The Hall–Kier alpha value is -3.09. The quantitative estimate of drug-likeness (QED) is 0.528. The molecule has 0 spiro atoms. The van der Waals surface area contributed by atoms with E-state index in [2.05, 4.69) is 5.32 Å². The van der Waals surface area contributed by atoms with Crippen molar-refractivity contribution in [2.75, 3.05) is 5.32 Å². The van der Waals surface area contributed by atoms with E-state index in [9.17, 15) is 14.0 Å². The molecule has 1 aliphatic rings. The molecule has 1 saturated heterocycles. The summed E-state index contributed by atoms with van der Waals surface area (Å²) in [6, 6.07) is 8.90. The second-order valence-electron chi connectivity index (χ2n) is 5.57. The fourth-order valence-electron chi connectivity index (χ4n) is 2.09. The van der Waals surface area contributed by atoms with Gasteiger partial charge in [-0.05, 0) is 30.3 Å². The number of benzene rings is 1. The lowest BCUT2D eigenvalue weighted by Gasteiger charge is -2.29. The van der Waals surface area contributed by atoms with Crippen LogP contribution in [0.1, 0.15) is 19.6 Å². The minimum atomic E-state index is -1.29. The topological polar surface area (TPSA) is 77.8 Å². The molecule has 7 heteroatoms. The average Bonchev–Trinajstić information content (AvgIpc) is 2.92. The molecule has 1 fully saturated rings. The first-order valence-electron chi connectivity index (χ1n) is 7.13. The van der Waals surface area contributed by atoms with Crippen LogP contribution in [-0.2, 0) is 19.1 Å². The lowest BCUT2D eigenvalue weighted by atomic mass is 10.2. The standard InChI is InChI=1S/C17H14FNO5/c1-17(2)23-15(20)13(16(21)24-17)9-12-7-8-14(22-12)19-11-5-3-10(18)4-6-11/h3-9,19H,1-2H3. The molecule has 24 heavy (non-hydrogen) atoms. The number of anilines is 2. The van der Waals surface area contributed by atoms with Crippen LogP contribution >= 0.6 is 0 Å². The highest BCUT2D eigenvalue weighted by atomic mass is 19.1. The second kappa shape index (κ2) is 5.84. The number of cyclic esters (lactones) is 2. The zero-order chi connectivity index (χ0) is 17.3. The largest absolute Gasteiger partial charge is 0.441 e. The van der Waals surface area contributed by atoms with Crippen molar-refractivity contribution >= 4 is 29.6 Å². The molecular formula is C17H14FNO5. The summed E-state index contributed by atoms with van der Waals surface area (Å²) in [5.41, 5.74) is 0.375. The monoisotopic (exact) mass is 331 g/mol. The van der Waals surface area contributed by atoms with Gasteiger partial charge in [-0.2, -0.15) is 0 Å². The highest BCUT2D eigenvalue weighted by molar-refractivity contribution is 6.18. The Kier molecular flexibility index (Phi) is 3.84. The number of hydrogen-bond acceptors (Lipinski definition) is 6. The highest BCUT2D eigenvalue weighted by Crippen LogP contribution is 2.26. The molecule has 1 aromatic carbocycles. The SMILES string of the molecule is CC1(C)OC(=O)C(=Cc2ccc(Nc3ccc(F)cc3)o2)C(=O)O1. The molecule has 0 aliphatic carbocycles. The number of nitrogens with one attached hydrogen (secondary N) is 1. The van der Waals surface area contributed by atoms with E-state index >= 15 is 0 Å². The number of rotatable bonds is 3. The van der Waals surface area contributed by atoms with Crippen LogP contribution in [0.15, 0.2) is 46.4 Å². The fourth-order valence-corrected chi connectivity index (χ4v) is 2.09. The molecule has 1 aromatic heterocycles. The van der Waals surface area contributed by atoms with Gasteiger partial charge in [-0.25, -0.2) is 14.0 Å². The van der Waals surface area contributed by atoms with Gasteiger partial charge >= 0.3 is 11.9 Å². The van der Waals surface area contributed by atoms with Crippen LogP contribution in [0.25, 0.3) is 6.08 Å². The molecule has 0 radical (unpaired) electrons. The smallest absolute Gasteiger partial charge is 0.348 e. The van der Waals surface area contributed by atoms with Crippen molar-refractivity contribution in [3.05, 3.63) is 53.5 Å². The van der Waals surface area contributed by atoms with Crippen molar-refractivity contribution in [1.29, 1.82) is 0 Å². The molecule has 2 aromatic rings. The Bertz CT molecular complexity index is 798. The third-order valence-corrected chi connectivity index (χ3v) is 3.14. The van der Waals surface area contributed by atoms with E-state index in [1.54, 1.807) is 24.3 Å². The van der Waals surface area contributed by atoms with Crippen LogP contribution in [0.4, 0.5) is 16.0 Å². The number of furan rings is 1. The molecule has 0 unspecified atom stereocenters. The number of esters is 2. The zero-order valence-electron chi connectivity index (χ0n) is 13.0. The van der Waals surface area contributed by atoms with Gasteiger partial charge in [-0.15, -0.1) is 0 Å². The van der Waals surface area contributed by atoms with Crippen LogP contribution in [0, 0.1) is 5.82 Å². The van der Waals surface area contributed by atoms with Gasteiger partial charge in [-0.3, -0.25) is 0 Å². The van der Waals surface area contributed by atoms with E-state index < -0.39 is 17.7 Å². The van der Waals surface area contributed by atoms with Crippen molar-refractivity contribution in [2.24, 2.45) is 0 Å². The van der Waals surface area contributed by atoms with Gasteiger partial charge in [-0.1, -0.05) is 0 Å². The van der Waals surface area contributed by atoms with Crippen molar-refractivity contribution in [3.8, 4) is 0 Å². The predicted octanol–water partition coefficient (Wildman–Crippen LogP) is 3.38. The molecule has 2 heterocycles. The molecule has 0 bridgehead atoms. The second-order valence-corrected chi connectivity index (χ2v) is 5.57. The summed E-state index contributed by atoms with van der Waals surface area (Å²) in [6.07, 6.45) is 1.25. The van der Waals surface area contributed by atoms with Crippen LogP contribution < -0.4 is 5.32 Å². The maximum Gasteiger partial charge on any atom is 0.348 e. The average molecular weight is 331 g/mol. The normalized spacial score (nSPS) is 16.4. The van der Waals surface area contributed by atoms with Crippen molar-refractivity contribution in [1.82, 2.24) is 0 Å². The maximum absolute atomic E-state index is 12.9. The van der Waals surface area contributed by atoms with Gasteiger partial charge in [0, 0.05) is 31.7 Å². The summed E-state index contributed by atoms with van der Waals surface area (Å²) in [7, 11) is 0. The first kappa shape index (κ1) is 15.8. The van der Waals surface area contributed by atoms with E-state index in [0.717, 1.165) is 0 Å². The minimum Gasteiger partial charge on any atom is -0.441 e. The van der Waals surface area contributed by atoms with Gasteiger partial charge in [0.1, 0.15) is 17.2 Å². The molecule has 1 N–H and O–H groups in total. The number of halogens is 1. The van der Waals surface area contributed by atoms with E-state index in [4.69, 9.17) is 13.9 Å². The molecule has 124 valence electrons. The van der Waals surface area contributed by atoms with Crippen molar-refractivity contribution < 1.29 is 27.9 Å². The van der Waals surface area contributed by atoms with Crippen molar-refractivity contribution in [2.45, 2.75) is 19.6 Å². The lowest BCUT2D eigenvalue weighted by Crippen LogP contribution is -2.41. The molecule has 0 atom stereocenters. The molecule has 0 saturated carbocycles. The van der Waals surface area contributed by atoms with Crippen molar-refractivity contribution in [3.63, 3.8) is 0 Å². The molecule has 6 nitrogen and oxygen atoms in total. The highest BCUT2D eigenvalue weighted by Gasteiger charge is 2.39. The lowest BCUT2D eigenvalue weighted by molar-refractivity contribution is -0.222. The van der Waals surface area contributed by atoms with Crippen LogP contribution in [-0.4, -0.2) is 17.7 Å². The Morgan fingerprint density at radius 3 is 2.25 bits per heavy atom. The molecular weight excluding hydrogens is 317 g/mol. The summed E-state index contributed by atoms with van der Waals surface area (Å²) in [5, 5.41) is 2.93. The van der Waals surface area contributed by atoms with Crippen LogP contribution in [0.3, 0.4) is 0 Å². The van der Waals surface area contributed by atoms with Gasteiger partial charge in [0.15, 0.2) is 5.88 Å². The summed E-state index contributed by atoms with van der Waals surface area (Å²) in [5.74, 6) is -2.55. The summed E-state index contributed by atoms with van der Waals surface area (Å²) < 4.78 is 28.3. The van der Waals surface area contributed by atoms with Crippen LogP contribution in [0.5, 0.6) is 0 Å². The van der Waals surface area contributed by atoms with Gasteiger partial charge in [0.2, 0.25) is 0 Å². The number of hydrogen-bond donors (Lipinski definition) is 1. The Labute approximate surface area is 136 Å².